The van der Waals surface area contributed by atoms with E-state index in [1.165, 1.54) is 30.6 Å². The van der Waals surface area contributed by atoms with Gasteiger partial charge in [0.1, 0.15) is 18.5 Å². The van der Waals surface area contributed by atoms with E-state index < -0.39 is 0 Å². The number of rotatable bonds is 4. The highest BCUT2D eigenvalue weighted by molar-refractivity contribution is 6.31. The van der Waals surface area contributed by atoms with Crippen molar-refractivity contribution in [1.29, 1.82) is 0 Å². The van der Waals surface area contributed by atoms with E-state index in [0.717, 1.165) is 0 Å². The zero-order chi connectivity index (χ0) is 21.1. The lowest BCUT2D eigenvalue weighted by Gasteiger charge is -2.31. The SMILES string of the molecule is O=C(Nc1cc(Cl)ccc1-n1cncn1)C1CCN(C(=O)c2ccc(F)cc2)CC1. The van der Waals surface area contributed by atoms with Crippen LogP contribution in [0.1, 0.15) is 23.2 Å². The standard InChI is InChI=1S/C21H19ClFN5O2/c22-16-3-6-19(28-13-24-12-25-28)18(11-16)26-20(29)14-7-9-27(10-8-14)21(30)15-1-4-17(23)5-2-15/h1-6,11-14H,7-10H2,(H,26,29). The molecule has 2 amide bonds. The van der Waals surface area contributed by atoms with Crippen LogP contribution in [0.2, 0.25) is 5.02 Å². The van der Waals surface area contributed by atoms with E-state index in [2.05, 4.69) is 15.4 Å². The summed E-state index contributed by atoms with van der Waals surface area (Å²) in [5.41, 5.74) is 1.65. The van der Waals surface area contributed by atoms with Gasteiger partial charge in [-0.2, -0.15) is 5.10 Å². The van der Waals surface area contributed by atoms with Crippen LogP contribution < -0.4 is 5.32 Å². The summed E-state index contributed by atoms with van der Waals surface area (Å²) in [4.78, 5) is 31.0. The van der Waals surface area contributed by atoms with Gasteiger partial charge < -0.3 is 10.2 Å². The number of halogens is 2. The molecule has 7 nitrogen and oxygen atoms in total. The van der Waals surface area contributed by atoms with Crippen LogP contribution in [0.25, 0.3) is 5.69 Å². The third-order valence-electron chi connectivity index (χ3n) is 5.13. The highest BCUT2D eigenvalue weighted by Crippen LogP contribution is 2.26. The minimum Gasteiger partial charge on any atom is -0.339 e. The lowest BCUT2D eigenvalue weighted by atomic mass is 9.95. The predicted molar refractivity (Wildman–Crippen MR) is 110 cm³/mol. The Kier molecular flexibility index (Phi) is 5.76. The summed E-state index contributed by atoms with van der Waals surface area (Å²) in [6, 6.07) is 10.6. The molecule has 2 heterocycles. The molecule has 9 heteroatoms. The molecule has 0 aliphatic carbocycles. The number of carbonyl (C=O) groups is 2. The molecule has 0 spiro atoms. The van der Waals surface area contributed by atoms with Crippen molar-refractivity contribution in [2.45, 2.75) is 12.8 Å². The zero-order valence-corrected chi connectivity index (χ0v) is 16.7. The van der Waals surface area contributed by atoms with Gasteiger partial charge in [-0.05, 0) is 55.3 Å². The maximum Gasteiger partial charge on any atom is 0.253 e. The normalized spacial score (nSPS) is 14.5. The number of amides is 2. The average molecular weight is 428 g/mol. The summed E-state index contributed by atoms with van der Waals surface area (Å²) in [6.07, 6.45) is 4.03. The molecule has 0 atom stereocenters. The van der Waals surface area contributed by atoms with Gasteiger partial charge in [0.2, 0.25) is 5.91 Å². The second-order valence-corrected chi connectivity index (χ2v) is 7.50. The first-order valence-electron chi connectivity index (χ1n) is 9.51. The van der Waals surface area contributed by atoms with Crippen LogP contribution in [0.15, 0.2) is 55.1 Å². The summed E-state index contributed by atoms with van der Waals surface area (Å²) in [7, 11) is 0. The first-order chi connectivity index (χ1) is 14.5. The number of anilines is 1. The maximum absolute atomic E-state index is 13.1. The number of likely N-dealkylation sites (tertiary alicyclic amines) is 1. The molecule has 1 saturated heterocycles. The molecule has 0 radical (unpaired) electrons. The van der Waals surface area contributed by atoms with Crippen LogP contribution in [-0.2, 0) is 4.79 Å². The Morgan fingerprint density at radius 1 is 1.10 bits per heavy atom. The quantitative estimate of drug-likeness (QED) is 0.690. The Labute approximate surface area is 177 Å². The van der Waals surface area contributed by atoms with Crippen LogP contribution in [0, 0.1) is 11.7 Å². The van der Waals surface area contributed by atoms with Gasteiger partial charge in [-0.3, -0.25) is 9.59 Å². The molecule has 4 rings (SSSR count). The Hall–Kier alpha value is -3.26. The fourth-order valence-corrected chi connectivity index (χ4v) is 3.67. The van der Waals surface area contributed by atoms with Crippen molar-refractivity contribution in [3.05, 3.63) is 71.5 Å². The van der Waals surface area contributed by atoms with Gasteiger partial charge in [-0.1, -0.05) is 11.6 Å². The number of nitrogens with one attached hydrogen (secondary N) is 1. The Morgan fingerprint density at radius 3 is 2.50 bits per heavy atom. The maximum atomic E-state index is 13.1. The minimum atomic E-state index is -0.381. The average Bonchev–Trinajstić information content (AvgIpc) is 3.28. The van der Waals surface area contributed by atoms with Crippen LogP contribution in [0.4, 0.5) is 10.1 Å². The number of hydrogen-bond acceptors (Lipinski definition) is 4. The summed E-state index contributed by atoms with van der Waals surface area (Å²) >= 11 is 6.11. The van der Waals surface area contributed by atoms with Gasteiger partial charge in [0.25, 0.3) is 5.91 Å². The van der Waals surface area contributed by atoms with Gasteiger partial charge in [-0.25, -0.2) is 14.1 Å². The minimum absolute atomic E-state index is 0.132. The monoisotopic (exact) mass is 427 g/mol. The largest absolute Gasteiger partial charge is 0.339 e. The second-order valence-electron chi connectivity index (χ2n) is 7.06. The van der Waals surface area contributed by atoms with E-state index >= 15 is 0 Å². The van der Waals surface area contributed by atoms with Crippen molar-refractivity contribution in [3.8, 4) is 5.69 Å². The van der Waals surface area contributed by atoms with E-state index in [9.17, 15) is 14.0 Å². The van der Waals surface area contributed by atoms with Crippen LogP contribution in [0.5, 0.6) is 0 Å². The lowest BCUT2D eigenvalue weighted by molar-refractivity contribution is -0.121. The molecule has 1 N–H and O–H groups in total. The molecule has 3 aromatic rings. The van der Waals surface area contributed by atoms with Crippen molar-refractivity contribution in [3.63, 3.8) is 0 Å². The number of benzene rings is 2. The fraction of sp³-hybridized carbons (Fsp3) is 0.238. The van der Waals surface area contributed by atoms with Crippen LogP contribution in [0.3, 0.4) is 0 Å². The van der Waals surface area contributed by atoms with Crippen molar-refractivity contribution in [2.24, 2.45) is 5.92 Å². The topological polar surface area (TPSA) is 80.1 Å². The number of piperidine rings is 1. The molecule has 1 aromatic heterocycles. The Bertz CT molecular complexity index is 1050. The van der Waals surface area contributed by atoms with Crippen LogP contribution >= 0.6 is 11.6 Å². The molecule has 0 bridgehead atoms. The van der Waals surface area contributed by atoms with Gasteiger partial charge in [0.15, 0.2) is 0 Å². The summed E-state index contributed by atoms with van der Waals surface area (Å²) in [5, 5.41) is 7.53. The molecule has 154 valence electrons. The van der Waals surface area contributed by atoms with E-state index in [4.69, 9.17) is 11.6 Å². The molecular weight excluding hydrogens is 409 g/mol. The lowest BCUT2D eigenvalue weighted by Crippen LogP contribution is -2.41. The summed E-state index contributed by atoms with van der Waals surface area (Å²) in [5.74, 6) is -0.900. The third-order valence-corrected chi connectivity index (χ3v) is 5.36. The zero-order valence-electron chi connectivity index (χ0n) is 16.0. The first-order valence-corrected chi connectivity index (χ1v) is 9.89. The number of nitrogens with zero attached hydrogens (tertiary/aromatic N) is 4. The molecule has 2 aromatic carbocycles. The van der Waals surface area contributed by atoms with Gasteiger partial charge >= 0.3 is 0 Å². The number of carbonyl (C=O) groups excluding carboxylic acids is 2. The van der Waals surface area contributed by atoms with Crippen molar-refractivity contribution < 1.29 is 14.0 Å². The van der Waals surface area contributed by atoms with Crippen molar-refractivity contribution >= 4 is 29.1 Å². The van der Waals surface area contributed by atoms with E-state index in [-0.39, 0.29) is 23.5 Å². The van der Waals surface area contributed by atoms with E-state index in [1.807, 2.05) is 0 Å². The summed E-state index contributed by atoms with van der Waals surface area (Å²) < 4.78 is 14.6. The number of aromatic nitrogens is 3. The van der Waals surface area contributed by atoms with Crippen LogP contribution in [-0.4, -0.2) is 44.6 Å². The molecule has 0 unspecified atom stereocenters. The Balaban J connectivity index is 1.40. The van der Waals surface area contributed by atoms with Crippen molar-refractivity contribution in [2.75, 3.05) is 18.4 Å². The third kappa shape index (κ3) is 4.33. The molecule has 1 aliphatic heterocycles. The Morgan fingerprint density at radius 2 is 1.83 bits per heavy atom. The van der Waals surface area contributed by atoms with Gasteiger partial charge in [-0.15, -0.1) is 0 Å². The van der Waals surface area contributed by atoms with Crippen molar-refractivity contribution in [1.82, 2.24) is 19.7 Å². The van der Waals surface area contributed by atoms with E-state index in [0.29, 0.717) is 47.9 Å². The smallest absolute Gasteiger partial charge is 0.253 e. The van der Waals surface area contributed by atoms with Gasteiger partial charge in [0.05, 0.1) is 11.4 Å². The molecule has 1 fully saturated rings. The number of hydrogen-bond donors (Lipinski definition) is 1. The predicted octanol–water partition coefficient (Wildman–Crippen LogP) is 3.55. The first kappa shape index (κ1) is 20.0. The van der Waals surface area contributed by atoms with Gasteiger partial charge in [0, 0.05) is 29.6 Å². The fourth-order valence-electron chi connectivity index (χ4n) is 3.50. The highest BCUT2D eigenvalue weighted by atomic mass is 35.5. The molecule has 1 aliphatic rings. The molecule has 30 heavy (non-hydrogen) atoms. The molecule has 0 saturated carbocycles. The highest BCUT2D eigenvalue weighted by Gasteiger charge is 2.28. The molecular formula is C21H19ClFN5O2. The van der Waals surface area contributed by atoms with E-state index in [1.54, 1.807) is 34.1 Å². The summed E-state index contributed by atoms with van der Waals surface area (Å²) in [6.45, 7) is 0.916. The second kappa shape index (κ2) is 8.62.